The fourth-order valence-electron chi connectivity index (χ4n) is 3.28. The SMILES string of the molecule is CC(C)Oc1ccc2c(c1)CC(C(=O)Nc1ccc(-c3cn[nH]c3)cc1)CO2. The van der Waals surface area contributed by atoms with Crippen molar-refractivity contribution in [1.29, 1.82) is 0 Å². The minimum atomic E-state index is -0.240. The number of rotatable bonds is 5. The van der Waals surface area contributed by atoms with Crippen LogP contribution in [0.1, 0.15) is 19.4 Å². The average Bonchev–Trinajstić information content (AvgIpc) is 3.22. The van der Waals surface area contributed by atoms with E-state index in [1.165, 1.54) is 0 Å². The number of nitrogens with zero attached hydrogens (tertiary/aromatic N) is 1. The van der Waals surface area contributed by atoms with Crippen molar-refractivity contribution in [3.8, 4) is 22.6 Å². The molecule has 3 aromatic rings. The number of hydrogen-bond acceptors (Lipinski definition) is 4. The molecular weight excluding hydrogens is 354 g/mol. The van der Waals surface area contributed by atoms with E-state index >= 15 is 0 Å². The number of nitrogens with one attached hydrogen (secondary N) is 2. The van der Waals surface area contributed by atoms with Crippen LogP contribution in [-0.4, -0.2) is 28.8 Å². The first-order valence-corrected chi connectivity index (χ1v) is 9.41. The van der Waals surface area contributed by atoms with Crippen molar-refractivity contribution >= 4 is 11.6 Å². The number of amides is 1. The predicted octanol–water partition coefficient (Wildman–Crippen LogP) is 4.05. The Labute approximate surface area is 163 Å². The van der Waals surface area contributed by atoms with Crippen molar-refractivity contribution in [2.45, 2.75) is 26.4 Å². The molecule has 28 heavy (non-hydrogen) atoms. The van der Waals surface area contributed by atoms with Gasteiger partial charge >= 0.3 is 0 Å². The molecule has 144 valence electrons. The van der Waals surface area contributed by atoms with Crippen molar-refractivity contribution in [1.82, 2.24) is 10.2 Å². The van der Waals surface area contributed by atoms with E-state index in [0.29, 0.717) is 13.0 Å². The summed E-state index contributed by atoms with van der Waals surface area (Å²) in [5.41, 5.74) is 3.81. The summed E-state index contributed by atoms with van der Waals surface area (Å²) in [4.78, 5) is 12.7. The molecule has 2 aromatic carbocycles. The van der Waals surface area contributed by atoms with Gasteiger partial charge in [-0.25, -0.2) is 0 Å². The zero-order chi connectivity index (χ0) is 19.5. The summed E-state index contributed by atoms with van der Waals surface area (Å²) >= 11 is 0. The third-order valence-corrected chi connectivity index (χ3v) is 4.66. The lowest BCUT2D eigenvalue weighted by Gasteiger charge is -2.25. The Bertz CT molecular complexity index is 950. The molecule has 0 spiro atoms. The molecule has 1 aromatic heterocycles. The van der Waals surface area contributed by atoms with E-state index in [-0.39, 0.29) is 17.9 Å². The molecule has 0 saturated carbocycles. The van der Waals surface area contributed by atoms with Crippen molar-refractivity contribution < 1.29 is 14.3 Å². The number of fused-ring (bicyclic) bond motifs is 1. The van der Waals surface area contributed by atoms with Crippen molar-refractivity contribution in [3.05, 3.63) is 60.4 Å². The number of aromatic amines is 1. The molecule has 0 bridgehead atoms. The van der Waals surface area contributed by atoms with Crippen LogP contribution < -0.4 is 14.8 Å². The highest BCUT2D eigenvalue weighted by Crippen LogP contribution is 2.31. The summed E-state index contributed by atoms with van der Waals surface area (Å²) in [5.74, 6) is 1.34. The first-order chi connectivity index (χ1) is 13.6. The normalized spacial score (nSPS) is 15.6. The fraction of sp³-hybridized carbons (Fsp3) is 0.273. The average molecular weight is 377 g/mol. The van der Waals surface area contributed by atoms with E-state index in [1.54, 1.807) is 6.20 Å². The van der Waals surface area contributed by atoms with E-state index in [1.807, 2.05) is 62.5 Å². The van der Waals surface area contributed by atoms with Gasteiger partial charge in [0.2, 0.25) is 5.91 Å². The smallest absolute Gasteiger partial charge is 0.231 e. The lowest BCUT2D eigenvalue weighted by molar-refractivity contribution is -0.121. The molecule has 4 rings (SSSR count). The van der Waals surface area contributed by atoms with Crippen LogP contribution in [0, 0.1) is 5.92 Å². The second kappa shape index (κ2) is 7.76. The van der Waals surface area contributed by atoms with Gasteiger partial charge in [-0.3, -0.25) is 9.89 Å². The van der Waals surface area contributed by atoms with Gasteiger partial charge in [0.1, 0.15) is 18.1 Å². The third-order valence-electron chi connectivity index (χ3n) is 4.66. The summed E-state index contributed by atoms with van der Waals surface area (Å²) in [7, 11) is 0. The topological polar surface area (TPSA) is 76.2 Å². The van der Waals surface area contributed by atoms with Crippen molar-refractivity contribution in [2.24, 2.45) is 5.92 Å². The van der Waals surface area contributed by atoms with Crippen LogP contribution >= 0.6 is 0 Å². The Kier molecular flexibility index (Phi) is 5.02. The van der Waals surface area contributed by atoms with Gasteiger partial charge in [0.15, 0.2) is 0 Å². The molecular formula is C22H23N3O3. The van der Waals surface area contributed by atoms with Crippen LogP contribution in [-0.2, 0) is 11.2 Å². The largest absolute Gasteiger partial charge is 0.492 e. The fourth-order valence-corrected chi connectivity index (χ4v) is 3.28. The molecule has 1 aliphatic heterocycles. The molecule has 0 fully saturated rings. The highest BCUT2D eigenvalue weighted by molar-refractivity contribution is 5.93. The molecule has 1 unspecified atom stereocenters. The van der Waals surface area contributed by atoms with Crippen molar-refractivity contribution in [2.75, 3.05) is 11.9 Å². The van der Waals surface area contributed by atoms with E-state index < -0.39 is 0 Å². The van der Waals surface area contributed by atoms with Gasteiger partial charge in [-0.1, -0.05) is 12.1 Å². The van der Waals surface area contributed by atoms with E-state index in [0.717, 1.165) is 33.9 Å². The van der Waals surface area contributed by atoms with E-state index in [2.05, 4.69) is 15.5 Å². The number of benzene rings is 2. The molecule has 0 radical (unpaired) electrons. The lowest BCUT2D eigenvalue weighted by Crippen LogP contribution is -2.32. The molecule has 2 heterocycles. The van der Waals surface area contributed by atoms with E-state index in [4.69, 9.17) is 9.47 Å². The maximum atomic E-state index is 12.7. The summed E-state index contributed by atoms with van der Waals surface area (Å²) in [6.07, 6.45) is 4.33. The molecule has 6 nitrogen and oxygen atoms in total. The summed E-state index contributed by atoms with van der Waals surface area (Å²) in [5, 5.41) is 9.74. The molecule has 0 aliphatic carbocycles. The molecule has 0 saturated heterocycles. The van der Waals surface area contributed by atoms with Crippen LogP contribution in [0.3, 0.4) is 0 Å². The van der Waals surface area contributed by atoms with Gasteiger partial charge in [-0.2, -0.15) is 5.10 Å². The molecule has 1 atom stereocenters. The van der Waals surface area contributed by atoms with Gasteiger partial charge in [0, 0.05) is 17.4 Å². The van der Waals surface area contributed by atoms with Crippen LogP contribution in [0.4, 0.5) is 5.69 Å². The van der Waals surface area contributed by atoms with Gasteiger partial charge in [0.25, 0.3) is 0 Å². The maximum absolute atomic E-state index is 12.7. The monoisotopic (exact) mass is 377 g/mol. The quantitative estimate of drug-likeness (QED) is 0.703. The Morgan fingerprint density at radius 3 is 2.75 bits per heavy atom. The maximum Gasteiger partial charge on any atom is 0.231 e. The Morgan fingerprint density at radius 1 is 1.21 bits per heavy atom. The van der Waals surface area contributed by atoms with Crippen LogP contribution in [0.5, 0.6) is 11.5 Å². The first-order valence-electron chi connectivity index (χ1n) is 9.41. The van der Waals surface area contributed by atoms with Crippen LogP contribution in [0.25, 0.3) is 11.1 Å². The molecule has 2 N–H and O–H groups in total. The second-order valence-corrected chi connectivity index (χ2v) is 7.20. The lowest BCUT2D eigenvalue weighted by atomic mass is 9.95. The number of H-pyrrole nitrogens is 1. The van der Waals surface area contributed by atoms with Crippen molar-refractivity contribution in [3.63, 3.8) is 0 Å². The van der Waals surface area contributed by atoms with Gasteiger partial charge in [-0.15, -0.1) is 0 Å². The zero-order valence-electron chi connectivity index (χ0n) is 15.9. The van der Waals surface area contributed by atoms with Gasteiger partial charge in [0.05, 0.1) is 18.2 Å². The Balaban J connectivity index is 1.42. The first kappa shape index (κ1) is 18.1. The standard InChI is InChI=1S/C22H23N3O3/c1-14(2)28-20-7-8-21-16(10-20)9-17(13-27-21)22(26)25-19-5-3-15(4-6-19)18-11-23-24-12-18/h3-8,10-12,14,17H,9,13H2,1-2H3,(H,23,24)(H,25,26). The third kappa shape index (κ3) is 4.01. The van der Waals surface area contributed by atoms with Crippen LogP contribution in [0.15, 0.2) is 54.9 Å². The Morgan fingerprint density at radius 2 is 2.04 bits per heavy atom. The minimum absolute atomic E-state index is 0.0445. The Hall–Kier alpha value is -3.28. The van der Waals surface area contributed by atoms with Crippen LogP contribution in [0.2, 0.25) is 0 Å². The number of carbonyl (C=O) groups is 1. The summed E-state index contributed by atoms with van der Waals surface area (Å²) in [6, 6.07) is 13.5. The predicted molar refractivity (Wildman–Crippen MR) is 108 cm³/mol. The number of ether oxygens (including phenoxy) is 2. The van der Waals surface area contributed by atoms with E-state index in [9.17, 15) is 4.79 Å². The molecule has 1 amide bonds. The number of aromatic nitrogens is 2. The number of anilines is 1. The molecule has 1 aliphatic rings. The minimum Gasteiger partial charge on any atom is -0.492 e. The van der Waals surface area contributed by atoms with Gasteiger partial charge < -0.3 is 14.8 Å². The summed E-state index contributed by atoms with van der Waals surface area (Å²) < 4.78 is 11.5. The second-order valence-electron chi connectivity index (χ2n) is 7.20. The zero-order valence-corrected chi connectivity index (χ0v) is 15.9. The highest BCUT2D eigenvalue weighted by atomic mass is 16.5. The highest BCUT2D eigenvalue weighted by Gasteiger charge is 2.26. The summed E-state index contributed by atoms with van der Waals surface area (Å²) in [6.45, 7) is 4.35. The molecule has 6 heteroatoms. The van der Waals surface area contributed by atoms with Gasteiger partial charge in [-0.05, 0) is 61.7 Å². The number of carbonyl (C=O) groups excluding carboxylic acids is 1. The number of hydrogen-bond donors (Lipinski definition) is 2.